The summed E-state index contributed by atoms with van der Waals surface area (Å²) in [5, 5.41) is 0. The second kappa shape index (κ2) is 5.31. The maximum atomic E-state index is 5.86. The molecule has 0 N–H and O–H groups in total. The Kier molecular flexibility index (Phi) is 3.55. The fourth-order valence-corrected chi connectivity index (χ4v) is 3.19. The molecule has 1 aromatic rings. The Hall–Kier alpha value is -1.02. The van der Waals surface area contributed by atoms with Gasteiger partial charge in [-0.1, -0.05) is 13.0 Å². The van der Waals surface area contributed by atoms with Crippen molar-refractivity contribution in [3.8, 4) is 5.75 Å². The first kappa shape index (κ1) is 12.0. The zero-order chi connectivity index (χ0) is 12.4. The summed E-state index contributed by atoms with van der Waals surface area (Å²) in [6.45, 7) is 4.72. The third kappa shape index (κ3) is 2.14. The van der Waals surface area contributed by atoms with Gasteiger partial charge in [-0.15, -0.1) is 0 Å². The first-order chi connectivity index (χ1) is 8.90. The Balaban J connectivity index is 1.83. The van der Waals surface area contributed by atoms with Crippen LogP contribution in [0.5, 0.6) is 5.75 Å². The highest BCUT2D eigenvalue weighted by Crippen LogP contribution is 2.38. The van der Waals surface area contributed by atoms with Crippen molar-refractivity contribution in [1.82, 2.24) is 0 Å². The fourth-order valence-electron chi connectivity index (χ4n) is 3.19. The molecule has 1 heterocycles. The van der Waals surface area contributed by atoms with Gasteiger partial charge in [0.15, 0.2) is 0 Å². The molecule has 1 aliphatic carbocycles. The molecule has 0 unspecified atom stereocenters. The number of hydrogen-bond donors (Lipinski definition) is 0. The van der Waals surface area contributed by atoms with Crippen molar-refractivity contribution in [2.24, 2.45) is 0 Å². The highest BCUT2D eigenvalue weighted by Gasteiger charge is 2.24. The summed E-state index contributed by atoms with van der Waals surface area (Å²) in [5.41, 5.74) is 6.02. The lowest BCUT2D eigenvalue weighted by molar-refractivity contribution is 0.137. The predicted molar refractivity (Wildman–Crippen MR) is 72.5 cm³/mol. The third-order valence-corrected chi connectivity index (χ3v) is 4.00. The molecule has 1 aromatic carbocycles. The van der Waals surface area contributed by atoms with Crippen LogP contribution in [-0.4, -0.2) is 19.8 Å². The Morgan fingerprint density at radius 2 is 2.11 bits per heavy atom. The number of hydrogen-bond acceptors (Lipinski definition) is 2. The summed E-state index contributed by atoms with van der Waals surface area (Å²) >= 11 is 0. The predicted octanol–water partition coefficient (Wildman–Crippen LogP) is 3.08. The van der Waals surface area contributed by atoms with Gasteiger partial charge < -0.3 is 9.47 Å². The molecule has 0 fully saturated rings. The van der Waals surface area contributed by atoms with Gasteiger partial charge in [0.2, 0.25) is 0 Å². The molecular formula is C16H22O2. The van der Waals surface area contributed by atoms with Crippen molar-refractivity contribution in [3.63, 3.8) is 0 Å². The highest BCUT2D eigenvalue weighted by atomic mass is 16.5. The minimum atomic E-state index is 0.833. The molecule has 98 valence electrons. The topological polar surface area (TPSA) is 18.5 Å². The van der Waals surface area contributed by atoms with Crippen molar-refractivity contribution in [2.75, 3.05) is 19.8 Å². The molecule has 1 aliphatic heterocycles. The number of benzene rings is 1. The van der Waals surface area contributed by atoms with Gasteiger partial charge in [0, 0.05) is 18.6 Å². The second-order valence-corrected chi connectivity index (χ2v) is 5.30. The lowest BCUT2D eigenvalue weighted by Crippen LogP contribution is -2.04. The van der Waals surface area contributed by atoms with Crippen molar-refractivity contribution in [3.05, 3.63) is 28.3 Å². The van der Waals surface area contributed by atoms with E-state index in [1.54, 1.807) is 11.1 Å². The van der Waals surface area contributed by atoms with Crippen LogP contribution in [0.1, 0.15) is 42.0 Å². The molecule has 0 bridgehead atoms. The minimum Gasteiger partial charge on any atom is -0.493 e. The quantitative estimate of drug-likeness (QED) is 0.743. The molecule has 0 spiro atoms. The lowest BCUT2D eigenvalue weighted by Gasteiger charge is -2.14. The van der Waals surface area contributed by atoms with Crippen LogP contribution >= 0.6 is 0 Å². The minimum absolute atomic E-state index is 0.833. The molecule has 0 aromatic heterocycles. The molecule has 0 atom stereocenters. The van der Waals surface area contributed by atoms with Crippen molar-refractivity contribution in [1.29, 1.82) is 0 Å². The lowest BCUT2D eigenvalue weighted by atomic mass is 9.96. The first-order valence-corrected chi connectivity index (χ1v) is 7.27. The van der Waals surface area contributed by atoms with Crippen molar-refractivity contribution >= 4 is 0 Å². The summed E-state index contributed by atoms with van der Waals surface area (Å²) in [4.78, 5) is 0. The zero-order valence-corrected chi connectivity index (χ0v) is 11.3. The number of rotatable bonds is 5. The summed E-state index contributed by atoms with van der Waals surface area (Å²) in [5.74, 6) is 1.19. The molecule has 2 aliphatic rings. The smallest absolute Gasteiger partial charge is 0.126 e. The molecule has 0 saturated carbocycles. The molecule has 0 saturated heterocycles. The molecule has 18 heavy (non-hydrogen) atoms. The van der Waals surface area contributed by atoms with E-state index in [1.165, 1.54) is 36.1 Å². The van der Waals surface area contributed by atoms with Crippen LogP contribution in [0.4, 0.5) is 0 Å². The number of fused-ring (bicyclic) bond motifs is 2. The van der Waals surface area contributed by atoms with Gasteiger partial charge in [0.05, 0.1) is 13.2 Å². The van der Waals surface area contributed by atoms with Crippen LogP contribution in [0.3, 0.4) is 0 Å². The van der Waals surface area contributed by atoms with Crippen LogP contribution in [0.25, 0.3) is 0 Å². The van der Waals surface area contributed by atoms with Gasteiger partial charge in [-0.2, -0.15) is 0 Å². The average Bonchev–Trinajstić information content (AvgIpc) is 3.01. The van der Waals surface area contributed by atoms with Crippen molar-refractivity contribution < 1.29 is 9.47 Å². The summed E-state index contributed by atoms with van der Waals surface area (Å²) < 4.78 is 11.5. The molecule has 2 nitrogen and oxygen atoms in total. The van der Waals surface area contributed by atoms with E-state index < -0.39 is 0 Å². The van der Waals surface area contributed by atoms with Crippen LogP contribution in [0.15, 0.2) is 6.07 Å². The fraction of sp³-hybridized carbons (Fsp3) is 0.625. The largest absolute Gasteiger partial charge is 0.493 e. The maximum Gasteiger partial charge on any atom is 0.126 e. The molecule has 0 radical (unpaired) electrons. The van der Waals surface area contributed by atoms with E-state index in [4.69, 9.17) is 9.47 Å². The van der Waals surface area contributed by atoms with Crippen LogP contribution in [0.2, 0.25) is 0 Å². The zero-order valence-electron chi connectivity index (χ0n) is 11.3. The molecule has 3 rings (SSSR count). The Morgan fingerprint density at radius 3 is 3.00 bits per heavy atom. The third-order valence-electron chi connectivity index (χ3n) is 4.00. The van der Waals surface area contributed by atoms with Crippen LogP contribution in [0, 0.1) is 0 Å². The SMILES string of the molecule is CCCOCCc1c2c(cc3c1OCC3)CCC2. The number of ether oxygens (including phenoxy) is 2. The molecule has 0 amide bonds. The van der Waals surface area contributed by atoms with Crippen LogP contribution in [-0.2, 0) is 30.4 Å². The summed E-state index contributed by atoms with van der Waals surface area (Å²) in [7, 11) is 0. The summed E-state index contributed by atoms with van der Waals surface area (Å²) in [6, 6.07) is 2.39. The van der Waals surface area contributed by atoms with Gasteiger partial charge in [-0.05, 0) is 48.8 Å². The van der Waals surface area contributed by atoms with E-state index in [1.807, 2.05) is 0 Å². The Bertz CT molecular complexity index is 405. The van der Waals surface area contributed by atoms with Gasteiger partial charge in [-0.3, -0.25) is 0 Å². The van der Waals surface area contributed by atoms with Gasteiger partial charge in [0.25, 0.3) is 0 Å². The van der Waals surface area contributed by atoms with Crippen LogP contribution < -0.4 is 4.74 Å². The van der Waals surface area contributed by atoms with E-state index >= 15 is 0 Å². The standard InChI is InChI=1S/C16H22O2/c1-2-8-17-9-7-15-14-5-3-4-12(14)11-13-6-10-18-16(13)15/h11H,2-10H2,1H3. The van der Waals surface area contributed by atoms with E-state index in [9.17, 15) is 0 Å². The molecule has 2 heteroatoms. The maximum absolute atomic E-state index is 5.86. The van der Waals surface area contributed by atoms with E-state index in [0.717, 1.165) is 39.1 Å². The van der Waals surface area contributed by atoms with E-state index in [-0.39, 0.29) is 0 Å². The van der Waals surface area contributed by atoms with E-state index in [2.05, 4.69) is 13.0 Å². The van der Waals surface area contributed by atoms with E-state index in [0.29, 0.717) is 0 Å². The Labute approximate surface area is 109 Å². The second-order valence-electron chi connectivity index (χ2n) is 5.30. The van der Waals surface area contributed by atoms with Gasteiger partial charge >= 0.3 is 0 Å². The Morgan fingerprint density at radius 1 is 1.17 bits per heavy atom. The first-order valence-electron chi connectivity index (χ1n) is 7.27. The summed E-state index contributed by atoms with van der Waals surface area (Å²) in [6.07, 6.45) is 7.00. The average molecular weight is 246 g/mol. The molecular weight excluding hydrogens is 224 g/mol. The van der Waals surface area contributed by atoms with Crippen molar-refractivity contribution in [2.45, 2.75) is 45.4 Å². The highest BCUT2D eigenvalue weighted by molar-refractivity contribution is 5.54. The monoisotopic (exact) mass is 246 g/mol. The normalized spacial score (nSPS) is 16.5. The number of aryl methyl sites for hydroxylation is 1. The van der Waals surface area contributed by atoms with Gasteiger partial charge in [0.1, 0.15) is 5.75 Å². The van der Waals surface area contributed by atoms with Gasteiger partial charge in [-0.25, -0.2) is 0 Å².